The van der Waals surface area contributed by atoms with Crippen LogP contribution in [0, 0.1) is 6.92 Å². The molecule has 0 N–H and O–H groups in total. The topological polar surface area (TPSA) is 46.3 Å². The van der Waals surface area contributed by atoms with Crippen molar-refractivity contribution >= 4 is 17.2 Å². The molecule has 23 heavy (non-hydrogen) atoms. The SMILES string of the molecule is Cc1ccc(C2N(C)N=CC2(C)n2nnc3ccccc32)cc1. The van der Waals surface area contributed by atoms with Gasteiger partial charge in [0, 0.05) is 7.05 Å². The fraction of sp³-hybridized carbons (Fsp3) is 0.278. The third kappa shape index (κ3) is 2.04. The number of likely N-dealkylation sites (N-methyl/N-ethyl adjacent to an activating group) is 1. The van der Waals surface area contributed by atoms with E-state index in [1.54, 1.807) is 0 Å². The molecule has 0 radical (unpaired) electrons. The number of rotatable bonds is 2. The first-order valence-electron chi connectivity index (χ1n) is 7.75. The quantitative estimate of drug-likeness (QED) is 0.731. The van der Waals surface area contributed by atoms with Crippen LogP contribution < -0.4 is 0 Å². The lowest BCUT2D eigenvalue weighted by atomic mass is 9.88. The number of fused-ring (bicyclic) bond motifs is 1. The van der Waals surface area contributed by atoms with E-state index in [0.717, 1.165) is 11.0 Å². The molecule has 1 aromatic heterocycles. The minimum absolute atomic E-state index is 0.0770. The summed E-state index contributed by atoms with van der Waals surface area (Å²) in [6, 6.07) is 16.7. The Morgan fingerprint density at radius 3 is 2.57 bits per heavy atom. The Labute approximate surface area is 135 Å². The first-order chi connectivity index (χ1) is 11.1. The highest BCUT2D eigenvalue weighted by Crippen LogP contribution is 2.40. The minimum atomic E-state index is -0.389. The smallest absolute Gasteiger partial charge is 0.125 e. The van der Waals surface area contributed by atoms with Gasteiger partial charge in [0.1, 0.15) is 17.1 Å². The monoisotopic (exact) mass is 305 g/mol. The number of para-hydroxylation sites is 1. The maximum Gasteiger partial charge on any atom is 0.125 e. The molecule has 1 aliphatic heterocycles. The summed E-state index contributed by atoms with van der Waals surface area (Å²) in [6.45, 7) is 4.26. The van der Waals surface area contributed by atoms with E-state index in [9.17, 15) is 0 Å². The van der Waals surface area contributed by atoms with Crippen molar-refractivity contribution in [2.45, 2.75) is 25.4 Å². The standard InChI is InChI=1S/C18H19N5/c1-13-8-10-14(11-9-13)17-18(2,12-19-22(17)3)23-16-7-5-4-6-15(16)20-21-23/h4-12,17H,1-3H3. The van der Waals surface area contributed by atoms with Crippen molar-refractivity contribution in [3.8, 4) is 0 Å². The van der Waals surface area contributed by atoms with Gasteiger partial charge in [-0.25, -0.2) is 4.68 Å². The first-order valence-corrected chi connectivity index (χ1v) is 7.75. The van der Waals surface area contributed by atoms with Gasteiger partial charge in [-0.3, -0.25) is 5.01 Å². The number of aryl methyl sites for hydroxylation is 1. The van der Waals surface area contributed by atoms with Crippen LogP contribution in [-0.2, 0) is 5.54 Å². The molecule has 4 rings (SSSR count). The van der Waals surface area contributed by atoms with Crippen LogP contribution in [0.2, 0.25) is 0 Å². The van der Waals surface area contributed by atoms with Gasteiger partial charge in [-0.1, -0.05) is 47.2 Å². The summed E-state index contributed by atoms with van der Waals surface area (Å²) in [5.74, 6) is 0. The van der Waals surface area contributed by atoms with Crippen LogP contribution in [0.1, 0.15) is 24.1 Å². The van der Waals surface area contributed by atoms with Crippen molar-refractivity contribution in [2.24, 2.45) is 5.10 Å². The van der Waals surface area contributed by atoms with Crippen molar-refractivity contribution < 1.29 is 0 Å². The van der Waals surface area contributed by atoms with Crippen LogP contribution in [0.25, 0.3) is 11.0 Å². The van der Waals surface area contributed by atoms with Crippen molar-refractivity contribution in [3.63, 3.8) is 0 Å². The maximum absolute atomic E-state index is 4.55. The van der Waals surface area contributed by atoms with Gasteiger partial charge < -0.3 is 0 Å². The molecular weight excluding hydrogens is 286 g/mol. The average Bonchev–Trinajstić information content (AvgIpc) is 3.11. The molecule has 5 heteroatoms. The average molecular weight is 305 g/mol. The summed E-state index contributed by atoms with van der Waals surface area (Å²) < 4.78 is 1.99. The predicted molar refractivity (Wildman–Crippen MR) is 91.4 cm³/mol. The Hall–Kier alpha value is -2.69. The van der Waals surface area contributed by atoms with Gasteiger partial charge in [0.15, 0.2) is 0 Å². The number of hydrogen-bond donors (Lipinski definition) is 0. The van der Waals surface area contributed by atoms with Gasteiger partial charge in [0.2, 0.25) is 0 Å². The Kier molecular flexibility index (Phi) is 2.98. The lowest BCUT2D eigenvalue weighted by Crippen LogP contribution is -2.40. The molecule has 0 spiro atoms. The highest BCUT2D eigenvalue weighted by Gasteiger charge is 2.44. The van der Waals surface area contributed by atoms with Gasteiger partial charge in [-0.2, -0.15) is 5.10 Å². The summed E-state index contributed by atoms with van der Waals surface area (Å²) >= 11 is 0. The van der Waals surface area contributed by atoms with E-state index in [4.69, 9.17) is 0 Å². The van der Waals surface area contributed by atoms with Crippen LogP contribution in [0.5, 0.6) is 0 Å². The molecule has 0 aliphatic carbocycles. The highest BCUT2D eigenvalue weighted by atomic mass is 15.5. The van der Waals surface area contributed by atoms with Crippen molar-refractivity contribution in [1.82, 2.24) is 20.0 Å². The van der Waals surface area contributed by atoms with Gasteiger partial charge in [0.05, 0.1) is 11.7 Å². The van der Waals surface area contributed by atoms with E-state index in [0.29, 0.717) is 0 Å². The molecule has 0 bridgehead atoms. The van der Waals surface area contributed by atoms with Crippen molar-refractivity contribution in [3.05, 3.63) is 59.7 Å². The zero-order valence-electron chi connectivity index (χ0n) is 13.5. The van der Waals surface area contributed by atoms with E-state index >= 15 is 0 Å². The van der Waals surface area contributed by atoms with Crippen LogP contribution >= 0.6 is 0 Å². The van der Waals surface area contributed by atoms with Gasteiger partial charge >= 0.3 is 0 Å². The fourth-order valence-corrected chi connectivity index (χ4v) is 3.42. The second kappa shape index (κ2) is 4.91. The molecule has 0 fully saturated rings. The van der Waals surface area contributed by atoms with Crippen LogP contribution in [0.3, 0.4) is 0 Å². The predicted octanol–water partition coefficient (Wildman–Crippen LogP) is 3.13. The summed E-state index contributed by atoms with van der Waals surface area (Å²) in [5.41, 5.74) is 4.01. The van der Waals surface area contributed by atoms with Crippen LogP contribution in [-0.4, -0.2) is 33.3 Å². The molecule has 3 aromatic rings. The first kappa shape index (κ1) is 13.9. The van der Waals surface area contributed by atoms with E-state index in [2.05, 4.69) is 59.6 Å². The largest absolute Gasteiger partial charge is 0.290 e. The normalized spacial score (nSPS) is 23.8. The molecule has 1 aliphatic rings. The molecule has 0 saturated heterocycles. The second-order valence-electron chi connectivity index (χ2n) is 6.35. The Bertz CT molecular complexity index is 880. The summed E-state index contributed by atoms with van der Waals surface area (Å²) in [6.07, 6.45) is 1.97. The number of benzene rings is 2. The second-order valence-corrected chi connectivity index (χ2v) is 6.35. The van der Waals surface area contributed by atoms with Gasteiger partial charge in [-0.05, 0) is 31.5 Å². The summed E-state index contributed by atoms with van der Waals surface area (Å²) in [5, 5.41) is 15.3. The highest BCUT2D eigenvalue weighted by molar-refractivity contribution is 5.79. The summed E-state index contributed by atoms with van der Waals surface area (Å²) in [7, 11) is 2.01. The van der Waals surface area contributed by atoms with Crippen LogP contribution in [0.4, 0.5) is 0 Å². The van der Waals surface area contributed by atoms with Gasteiger partial charge in [-0.15, -0.1) is 5.10 Å². The Morgan fingerprint density at radius 2 is 1.78 bits per heavy atom. The molecule has 5 nitrogen and oxygen atoms in total. The van der Waals surface area contributed by atoms with Crippen LogP contribution in [0.15, 0.2) is 53.6 Å². The van der Waals surface area contributed by atoms with E-state index in [1.165, 1.54) is 11.1 Å². The number of hydrazone groups is 1. The molecule has 0 saturated carbocycles. The zero-order chi connectivity index (χ0) is 16.0. The Morgan fingerprint density at radius 1 is 1.04 bits per heavy atom. The molecule has 2 heterocycles. The van der Waals surface area contributed by atoms with E-state index < -0.39 is 0 Å². The Balaban J connectivity index is 1.87. The zero-order valence-corrected chi connectivity index (χ0v) is 13.5. The lowest BCUT2D eigenvalue weighted by Gasteiger charge is -2.33. The van der Waals surface area contributed by atoms with Gasteiger partial charge in [0.25, 0.3) is 0 Å². The molecule has 2 aromatic carbocycles. The molecule has 116 valence electrons. The third-order valence-electron chi connectivity index (χ3n) is 4.63. The van der Waals surface area contributed by atoms with E-state index in [-0.39, 0.29) is 11.6 Å². The van der Waals surface area contributed by atoms with Crippen molar-refractivity contribution in [1.29, 1.82) is 0 Å². The number of hydrogen-bond acceptors (Lipinski definition) is 4. The molecule has 0 amide bonds. The summed E-state index contributed by atoms with van der Waals surface area (Å²) in [4.78, 5) is 0. The minimum Gasteiger partial charge on any atom is -0.290 e. The molecular formula is C18H19N5. The third-order valence-corrected chi connectivity index (χ3v) is 4.63. The lowest BCUT2D eigenvalue weighted by molar-refractivity contribution is 0.185. The molecule has 2 atom stereocenters. The van der Waals surface area contributed by atoms with E-state index in [1.807, 2.05) is 41.2 Å². The number of nitrogens with zero attached hydrogens (tertiary/aromatic N) is 5. The van der Waals surface area contributed by atoms with Crippen molar-refractivity contribution in [2.75, 3.05) is 7.05 Å². The molecule has 2 unspecified atom stereocenters. The fourth-order valence-electron chi connectivity index (χ4n) is 3.42. The maximum atomic E-state index is 4.55. The number of aromatic nitrogens is 3.